The smallest absolute Gasteiger partial charge is 0.338 e. The second kappa shape index (κ2) is 9.43. The molecule has 0 bridgehead atoms. The highest BCUT2D eigenvalue weighted by atomic mass is 16.5. The van der Waals surface area contributed by atoms with Gasteiger partial charge in [-0.3, -0.25) is 19.3 Å². The number of amides is 2. The molecule has 0 radical (unpaired) electrons. The number of carbonyl (C=O) groups is 4. The Balaban J connectivity index is 1.49. The first kappa shape index (κ1) is 23.7. The number of para-hydroxylation sites is 2. The Morgan fingerprint density at radius 3 is 2.20 bits per heavy atom. The van der Waals surface area contributed by atoms with Gasteiger partial charge in [0.2, 0.25) is 5.78 Å². The van der Waals surface area contributed by atoms with Crippen LogP contribution in [0.25, 0.3) is 0 Å². The van der Waals surface area contributed by atoms with Crippen molar-refractivity contribution in [3.8, 4) is 6.07 Å². The highest BCUT2D eigenvalue weighted by Gasteiger charge is 2.36. The number of imide groups is 1. The molecule has 178 valence electrons. The van der Waals surface area contributed by atoms with E-state index in [4.69, 9.17) is 4.74 Å². The van der Waals surface area contributed by atoms with Crippen LogP contribution in [0.15, 0.2) is 53.9 Å². The van der Waals surface area contributed by atoms with E-state index in [-0.39, 0.29) is 28.2 Å². The third kappa shape index (κ3) is 4.04. The van der Waals surface area contributed by atoms with Crippen molar-refractivity contribution in [1.82, 2.24) is 4.90 Å². The molecule has 2 amide bonds. The fourth-order valence-electron chi connectivity index (χ4n) is 4.28. The van der Waals surface area contributed by atoms with E-state index in [2.05, 4.69) is 0 Å². The molecule has 0 spiro atoms. The van der Waals surface area contributed by atoms with Crippen LogP contribution in [0.3, 0.4) is 0 Å². The molecule has 2 aromatic rings. The third-order valence-corrected chi connectivity index (χ3v) is 6.13. The Morgan fingerprint density at radius 1 is 0.971 bits per heavy atom. The van der Waals surface area contributed by atoms with Crippen LogP contribution in [0.2, 0.25) is 0 Å². The SMILES string of the molecule is CCCCN1C(=O)c2ccc(C(=O)OCC(=O)C(C#N)=C3N(C)c4ccccc4N3C)cc2C1=O. The Bertz CT molecular complexity index is 1290. The third-order valence-electron chi connectivity index (χ3n) is 6.13. The number of fused-ring (bicyclic) bond motifs is 2. The van der Waals surface area contributed by atoms with Gasteiger partial charge < -0.3 is 14.5 Å². The summed E-state index contributed by atoms with van der Waals surface area (Å²) in [7, 11) is 3.50. The fourth-order valence-corrected chi connectivity index (χ4v) is 4.28. The molecule has 0 fully saturated rings. The van der Waals surface area contributed by atoms with E-state index >= 15 is 0 Å². The summed E-state index contributed by atoms with van der Waals surface area (Å²) in [6, 6.07) is 13.5. The summed E-state index contributed by atoms with van der Waals surface area (Å²) in [6.07, 6.45) is 1.52. The molecule has 4 rings (SSSR count). The molecular formula is C26H24N4O5. The van der Waals surface area contributed by atoms with Crippen LogP contribution >= 0.6 is 0 Å². The lowest BCUT2D eigenvalue weighted by Gasteiger charge is -2.19. The van der Waals surface area contributed by atoms with Gasteiger partial charge in [0.05, 0.1) is 28.1 Å². The average Bonchev–Trinajstić information content (AvgIpc) is 3.26. The summed E-state index contributed by atoms with van der Waals surface area (Å²) < 4.78 is 5.17. The topological polar surface area (TPSA) is 111 Å². The van der Waals surface area contributed by atoms with Gasteiger partial charge in [0.15, 0.2) is 6.61 Å². The largest absolute Gasteiger partial charge is 0.454 e. The number of nitriles is 1. The Kier molecular flexibility index (Phi) is 6.38. The van der Waals surface area contributed by atoms with Crippen molar-refractivity contribution in [2.75, 3.05) is 37.0 Å². The molecule has 0 unspecified atom stereocenters. The quantitative estimate of drug-likeness (QED) is 0.262. The number of carbonyl (C=O) groups excluding carboxylic acids is 4. The van der Waals surface area contributed by atoms with E-state index in [0.717, 1.165) is 17.8 Å². The van der Waals surface area contributed by atoms with Crippen LogP contribution in [0.5, 0.6) is 0 Å². The molecule has 2 aliphatic heterocycles. The minimum absolute atomic E-state index is 0.0451. The van der Waals surface area contributed by atoms with Crippen molar-refractivity contribution < 1.29 is 23.9 Å². The number of esters is 1. The van der Waals surface area contributed by atoms with Gasteiger partial charge in [0, 0.05) is 20.6 Å². The van der Waals surface area contributed by atoms with E-state index in [9.17, 15) is 24.4 Å². The monoisotopic (exact) mass is 472 g/mol. The number of Topliss-reactive ketones (excluding diaryl/α,β-unsaturated/α-hetero) is 1. The van der Waals surface area contributed by atoms with E-state index in [1.165, 1.54) is 23.1 Å². The number of ketones is 1. The van der Waals surface area contributed by atoms with Gasteiger partial charge in [0.25, 0.3) is 11.8 Å². The zero-order valence-corrected chi connectivity index (χ0v) is 19.7. The number of hydrogen-bond donors (Lipinski definition) is 0. The Labute approximate surface area is 202 Å². The Hall–Kier alpha value is -4.45. The number of ether oxygens (including phenoxy) is 1. The predicted molar refractivity (Wildman–Crippen MR) is 128 cm³/mol. The maximum absolute atomic E-state index is 12.8. The molecule has 0 aromatic heterocycles. The Morgan fingerprint density at radius 2 is 1.60 bits per heavy atom. The molecular weight excluding hydrogens is 448 g/mol. The molecule has 0 saturated heterocycles. The molecule has 35 heavy (non-hydrogen) atoms. The predicted octanol–water partition coefficient (Wildman–Crippen LogP) is 3.13. The average molecular weight is 473 g/mol. The van der Waals surface area contributed by atoms with Gasteiger partial charge >= 0.3 is 5.97 Å². The lowest BCUT2D eigenvalue weighted by atomic mass is 10.1. The van der Waals surface area contributed by atoms with E-state index < -0.39 is 24.3 Å². The van der Waals surface area contributed by atoms with Crippen LogP contribution in [0.1, 0.15) is 50.8 Å². The first-order valence-electron chi connectivity index (χ1n) is 11.2. The minimum atomic E-state index is -0.827. The van der Waals surface area contributed by atoms with Crippen molar-refractivity contribution in [2.45, 2.75) is 19.8 Å². The van der Waals surface area contributed by atoms with Gasteiger partial charge in [-0.15, -0.1) is 0 Å². The second-order valence-corrected chi connectivity index (χ2v) is 8.29. The van der Waals surface area contributed by atoms with Crippen molar-refractivity contribution in [1.29, 1.82) is 5.26 Å². The summed E-state index contributed by atoms with van der Waals surface area (Å²) in [6.45, 7) is 1.63. The molecule has 2 aliphatic rings. The zero-order chi connectivity index (χ0) is 25.3. The maximum Gasteiger partial charge on any atom is 0.338 e. The summed E-state index contributed by atoms with van der Waals surface area (Å²) >= 11 is 0. The van der Waals surface area contributed by atoms with Crippen molar-refractivity contribution >= 4 is 34.9 Å². The lowest BCUT2D eigenvalue weighted by Crippen LogP contribution is -2.30. The van der Waals surface area contributed by atoms with Gasteiger partial charge in [-0.1, -0.05) is 25.5 Å². The van der Waals surface area contributed by atoms with Gasteiger partial charge in [-0.05, 0) is 36.8 Å². The minimum Gasteiger partial charge on any atom is -0.454 e. The summed E-state index contributed by atoms with van der Waals surface area (Å²) in [4.78, 5) is 55.2. The summed E-state index contributed by atoms with van der Waals surface area (Å²) in [5.41, 5.74) is 1.96. The summed E-state index contributed by atoms with van der Waals surface area (Å²) in [5.74, 6) is -1.92. The molecule has 2 aromatic carbocycles. The number of anilines is 2. The molecule has 9 nitrogen and oxygen atoms in total. The van der Waals surface area contributed by atoms with Crippen molar-refractivity contribution in [3.05, 3.63) is 70.5 Å². The first-order valence-corrected chi connectivity index (χ1v) is 11.2. The van der Waals surface area contributed by atoms with Crippen LogP contribution in [0.4, 0.5) is 11.4 Å². The number of hydrogen-bond acceptors (Lipinski definition) is 8. The van der Waals surface area contributed by atoms with Crippen LogP contribution < -0.4 is 9.80 Å². The van der Waals surface area contributed by atoms with Gasteiger partial charge in [0.1, 0.15) is 17.5 Å². The number of rotatable bonds is 7. The van der Waals surface area contributed by atoms with E-state index in [0.29, 0.717) is 18.8 Å². The number of nitrogens with zero attached hydrogens (tertiary/aromatic N) is 4. The highest BCUT2D eigenvalue weighted by molar-refractivity contribution is 6.22. The zero-order valence-electron chi connectivity index (χ0n) is 19.7. The van der Waals surface area contributed by atoms with Crippen molar-refractivity contribution in [3.63, 3.8) is 0 Å². The molecule has 9 heteroatoms. The number of unbranched alkanes of at least 4 members (excludes halogenated alkanes) is 1. The molecule has 0 N–H and O–H groups in total. The second-order valence-electron chi connectivity index (χ2n) is 8.29. The fraction of sp³-hybridized carbons (Fsp3) is 0.269. The molecule has 0 atom stereocenters. The highest BCUT2D eigenvalue weighted by Crippen LogP contribution is 2.40. The lowest BCUT2D eigenvalue weighted by molar-refractivity contribution is -0.118. The molecule has 0 saturated carbocycles. The molecule has 2 heterocycles. The van der Waals surface area contributed by atoms with Gasteiger partial charge in [-0.2, -0.15) is 5.26 Å². The maximum atomic E-state index is 12.8. The molecule has 0 aliphatic carbocycles. The van der Waals surface area contributed by atoms with Crippen molar-refractivity contribution in [2.24, 2.45) is 0 Å². The standard InChI is InChI=1S/C26H24N4O5/c1-4-5-12-30-24(32)17-11-10-16(13-18(17)25(30)33)26(34)35-15-22(31)19(14-27)23-28(2)20-8-6-7-9-21(20)29(23)3/h6-11,13H,4-5,12,15H2,1-3H3. The first-order chi connectivity index (χ1) is 16.8. The van der Waals surface area contributed by atoms with Crippen LogP contribution in [-0.4, -0.2) is 55.7 Å². The number of benzene rings is 2. The normalized spacial score (nSPS) is 14.1. The van der Waals surface area contributed by atoms with Crippen LogP contribution in [-0.2, 0) is 9.53 Å². The van der Waals surface area contributed by atoms with E-state index in [1.807, 2.05) is 37.3 Å². The van der Waals surface area contributed by atoms with E-state index in [1.54, 1.807) is 23.9 Å². The van der Waals surface area contributed by atoms with Crippen LogP contribution in [0, 0.1) is 11.3 Å². The summed E-state index contributed by atoms with van der Waals surface area (Å²) in [5, 5.41) is 9.70. The van der Waals surface area contributed by atoms with Gasteiger partial charge in [-0.25, -0.2) is 4.79 Å².